The lowest BCUT2D eigenvalue weighted by molar-refractivity contribution is 0.0414. The molecule has 0 N–H and O–H groups in total. The van der Waals surface area contributed by atoms with Crippen LogP contribution >= 0.6 is 42.0 Å². The van der Waals surface area contributed by atoms with Gasteiger partial charge in [0.2, 0.25) is 0 Å². The molecule has 396 valence electrons. The molecule has 0 fully saturated rings. The van der Waals surface area contributed by atoms with Gasteiger partial charge in [0.15, 0.2) is 0 Å². The smallest absolute Gasteiger partial charge is 0.429 e. The SMILES string of the molecule is c1ccc(ON(P(N=[PH](Oc2ccccc2)Oc2ccccc2)Oc2ccccc2)P(Oc2ccccc2)N(Oc2ccccc2)P(Oc2ccccc2)N(Oc2ccccc2)P(Oc2ccccc2)Oc2ccccc2)cc1. The molecule has 0 aliphatic heterocycles. The van der Waals surface area contributed by atoms with E-state index in [1.54, 1.807) is 13.8 Å². The number of nitrogens with zero attached hydrogens (tertiary/aromatic N) is 4. The molecule has 0 spiro atoms. The summed E-state index contributed by atoms with van der Waals surface area (Å²) in [6.45, 7) is 0. The molecule has 10 rings (SSSR count). The molecular formula is C60H51N4O10P5. The first-order chi connectivity index (χ1) is 39.1. The van der Waals surface area contributed by atoms with Gasteiger partial charge in [-0.1, -0.05) is 182 Å². The molecule has 0 amide bonds. The van der Waals surface area contributed by atoms with E-state index in [1.807, 2.05) is 303 Å². The Morgan fingerprint density at radius 1 is 0.241 bits per heavy atom. The molecule has 0 aliphatic carbocycles. The lowest BCUT2D eigenvalue weighted by Gasteiger charge is -2.41. The number of hydrogen-bond acceptors (Lipinski definition) is 14. The lowest BCUT2D eigenvalue weighted by atomic mass is 10.3. The molecular weight excluding hydrogens is 1090 g/mol. The van der Waals surface area contributed by atoms with Crippen molar-refractivity contribution in [1.29, 1.82) is 0 Å². The first-order valence-corrected chi connectivity index (χ1v) is 30.5. The molecule has 0 aromatic heterocycles. The monoisotopic (exact) mass is 1140 g/mol. The van der Waals surface area contributed by atoms with Gasteiger partial charge in [0.25, 0.3) is 0 Å². The van der Waals surface area contributed by atoms with E-state index < -0.39 is 42.0 Å². The van der Waals surface area contributed by atoms with Crippen molar-refractivity contribution >= 4 is 42.0 Å². The van der Waals surface area contributed by atoms with Gasteiger partial charge in [-0.3, -0.25) is 0 Å². The van der Waals surface area contributed by atoms with E-state index in [2.05, 4.69) is 0 Å². The summed E-state index contributed by atoms with van der Waals surface area (Å²) < 4.78 is 59.4. The average Bonchev–Trinajstić information content (AvgIpc) is 3.51. The maximum absolute atomic E-state index is 7.41. The van der Waals surface area contributed by atoms with Gasteiger partial charge in [0.05, 0.1) is 0 Å². The lowest BCUT2D eigenvalue weighted by Crippen LogP contribution is -2.37. The standard InChI is InChI=1S/C60H51N4O10P5/c1-11-31-51(32-12-1)65-62(75(68-54-37-17-4-18-38-54)61-76(69-55-39-19-5-20-40-55)70-56-41-21-6-22-42-56)77(71-57-43-23-7-24-44-57)63(66-52-33-13-2-14-34-52)78(72-58-45-25-8-26-46-58)64(67-53-35-15-3-16-36-53)79(73-59-47-27-9-28-48-59)74-60-49-29-10-30-50-60/h1-50,76H. The summed E-state index contributed by atoms with van der Waals surface area (Å²) in [4.78, 5) is 21.7. The Bertz CT molecular complexity index is 3260. The van der Waals surface area contributed by atoms with Crippen molar-refractivity contribution in [3.8, 4) is 57.5 Å². The Morgan fingerprint density at radius 2 is 0.481 bits per heavy atom. The van der Waals surface area contributed by atoms with Crippen molar-refractivity contribution in [2.75, 3.05) is 0 Å². The highest BCUT2D eigenvalue weighted by atomic mass is 31.3. The maximum Gasteiger partial charge on any atom is 0.429 e. The minimum atomic E-state index is -2.79. The molecule has 0 heterocycles. The van der Waals surface area contributed by atoms with E-state index >= 15 is 0 Å². The zero-order valence-electron chi connectivity index (χ0n) is 42.0. The summed E-state index contributed by atoms with van der Waals surface area (Å²) in [6.07, 6.45) is 0. The summed E-state index contributed by atoms with van der Waals surface area (Å²) in [7, 11) is -13.0. The molecule has 79 heavy (non-hydrogen) atoms. The highest BCUT2D eigenvalue weighted by Crippen LogP contribution is 2.71. The Balaban J connectivity index is 1.24. The third-order valence-corrected chi connectivity index (χ3v) is 19.4. The van der Waals surface area contributed by atoms with Crippen LogP contribution in [0.3, 0.4) is 0 Å². The summed E-state index contributed by atoms with van der Waals surface area (Å²) in [5, 5.41) is 0. The van der Waals surface area contributed by atoms with Crippen LogP contribution < -0.4 is 46.2 Å². The van der Waals surface area contributed by atoms with Crippen molar-refractivity contribution in [2.45, 2.75) is 0 Å². The third kappa shape index (κ3) is 16.5. The molecule has 0 aliphatic rings. The van der Waals surface area contributed by atoms with Crippen LogP contribution in [-0.2, 0) is 0 Å². The average molecular weight is 1140 g/mol. The van der Waals surface area contributed by atoms with Gasteiger partial charge < -0.3 is 46.2 Å². The third-order valence-electron chi connectivity index (χ3n) is 10.4. The second kappa shape index (κ2) is 29.1. The molecule has 0 radical (unpaired) electrons. The molecule has 10 aromatic carbocycles. The second-order valence-corrected chi connectivity index (χ2v) is 24.0. The van der Waals surface area contributed by atoms with Crippen LogP contribution in [0.4, 0.5) is 0 Å². The van der Waals surface area contributed by atoms with Crippen molar-refractivity contribution in [2.24, 2.45) is 4.52 Å². The minimum absolute atomic E-state index is 0.391. The van der Waals surface area contributed by atoms with Gasteiger partial charge in [-0.2, -0.15) is 4.52 Å². The first kappa shape index (κ1) is 54.4. The van der Waals surface area contributed by atoms with Crippen molar-refractivity contribution in [3.63, 3.8) is 0 Å². The Hall–Kier alpha value is -7.97. The predicted molar refractivity (Wildman–Crippen MR) is 315 cm³/mol. The van der Waals surface area contributed by atoms with Crippen LogP contribution in [0.1, 0.15) is 0 Å². The zero-order chi connectivity index (χ0) is 53.5. The van der Waals surface area contributed by atoms with Crippen molar-refractivity contribution in [3.05, 3.63) is 303 Å². The fraction of sp³-hybridized carbons (Fsp3) is 0. The molecule has 14 nitrogen and oxygen atoms in total. The van der Waals surface area contributed by atoms with Crippen LogP contribution in [0.15, 0.2) is 308 Å². The van der Waals surface area contributed by atoms with Crippen molar-refractivity contribution < 1.29 is 46.2 Å². The molecule has 3 atom stereocenters. The Kier molecular flexibility index (Phi) is 20.1. The fourth-order valence-corrected chi connectivity index (χ4v) is 16.1. The quantitative estimate of drug-likeness (QED) is 0.0360. The number of hydrogen-bond donors (Lipinski definition) is 0. The van der Waals surface area contributed by atoms with E-state index in [4.69, 9.17) is 50.7 Å². The number of para-hydroxylation sites is 10. The van der Waals surface area contributed by atoms with Crippen LogP contribution in [0.2, 0.25) is 0 Å². The summed E-state index contributed by atoms with van der Waals surface area (Å²) >= 11 is 0. The molecule has 10 aromatic rings. The summed E-state index contributed by atoms with van der Waals surface area (Å²) in [6, 6.07) is 93.2. The predicted octanol–water partition coefficient (Wildman–Crippen LogP) is 18.6. The first-order valence-electron chi connectivity index (χ1n) is 24.6. The fourth-order valence-electron chi connectivity index (χ4n) is 6.76. The normalized spacial score (nSPS) is 12.2. The minimum Gasteiger partial charge on any atom is -0.440 e. The zero-order valence-corrected chi connectivity index (χ0v) is 46.6. The van der Waals surface area contributed by atoms with E-state index in [9.17, 15) is 0 Å². The van der Waals surface area contributed by atoms with Crippen LogP contribution in [-0.4, -0.2) is 13.8 Å². The molecule has 0 saturated heterocycles. The number of rotatable bonds is 27. The van der Waals surface area contributed by atoms with E-state index in [0.717, 1.165) is 0 Å². The Morgan fingerprint density at radius 3 is 0.810 bits per heavy atom. The van der Waals surface area contributed by atoms with Crippen molar-refractivity contribution in [1.82, 2.24) is 13.8 Å². The molecule has 0 bridgehead atoms. The van der Waals surface area contributed by atoms with Crippen LogP contribution in [0.25, 0.3) is 0 Å². The van der Waals surface area contributed by atoms with Gasteiger partial charge in [-0.25, -0.2) is 0 Å². The van der Waals surface area contributed by atoms with Gasteiger partial charge in [-0.05, 0) is 121 Å². The Labute approximate surface area is 465 Å². The summed E-state index contributed by atoms with van der Waals surface area (Å²) in [5.74, 6) is 4.55. The van der Waals surface area contributed by atoms with Gasteiger partial charge in [0, 0.05) is 13.8 Å². The largest absolute Gasteiger partial charge is 0.440 e. The van der Waals surface area contributed by atoms with Gasteiger partial charge >= 0.3 is 42.0 Å². The molecule has 3 unspecified atom stereocenters. The summed E-state index contributed by atoms with van der Waals surface area (Å²) in [5.41, 5.74) is 0. The molecule has 0 saturated carbocycles. The highest BCUT2D eigenvalue weighted by molar-refractivity contribution is 7.73. The topological polar surface area (TPSA) is 114 Å². The van der Waals surface area contributed by atoms with Gasteiger partial charge in [-0.15, -0.1) is 0 Å². The highest BCUT2D eigenvalue weighted by Gasteiger charge is 2.53. The van der Waals surface area contributed by atoms with E-state index in [0.29, 0.717) is 57.5 Å². The van der Waals surface area contributed by atoms with E-state index in [-0.39, 0.29) is 0 Å². The number of benzene rings is 10. The molecule has 19 heteroatoms. The van der Waals surface area contributed by atoms with Crippen LogP contribution in [0.5, 0.6) is 57.5 Å². The van der Waals surface area contributed by atoms with Gasteiger partial charge in [0.1, 0.15) is 57.5 Å². The maximum atomic E-state index is 7.41. The van der Waals surface area contributed by atoms with E-state index in [1.165, 1.54) is 0 Å². The second-order valence-electron chi connectivity index (χ2n) is 16.2. The van der Waals surface area contributed by atoms with Crippen LogP contribution in [0, 0.1) is 0 Å².